The van der Waals surface area contributed by atoms with Gasteiger partial charge in [-0.05, 0) is 49.2 Å². The van der Waals surface area contributed by atoms with Gasteiger partial charge in [0.1, 0.15) is 0 Å². The molecule has 0 aliphatic heterocycles. The molecule has 0 atom stereocenters. The van der Waals surface area contributed by atoms with Crippen LogP contribution in [0.25, 0.3) is 0 Å². The highest BCUT2D eigenvalue weighted by atomic mass is 35.5. The Hall–Kier alpha value is -2.53. The topological polar surface area (TPSA) is 70.2 Å². The SMILES string of the molecule is CCC(=O)Nc1cc(NC(=O)CNc2cc(Cl)ccc2C)ccc1C. The van der Waals surface area contributed by atoms with Crippen molar-refractivity contribution in [2.24, 2.45) is 0 Å². The first-order valence-corrected chi connectivity index (χ1v) is 8.47. The summed E-state index contributed by atoms with van der Waals surface area (Å²) < 4.78 is 0. The molecule has 2 aromatic rings. The highest BCUT2D eigenvalue weighted by Crippen LogP contribution is 2.21. The molecule has 0 aliphatic carbocycles. The van der Waals surface area contributed by atoms with Gasteiger partial charge in [0.05, 0.1) is 6.54 Å². The first-order valence-electron chi connectivity index (χ1n) is 8.09. The molecule has 0 saturated carbocycles. The van der Waals surface area contributed by atoms with Crippen LogP contribution in [0.5, 0.6) is 0 Å². The standard InChI is InChI=1S/C19H22ClN3O2/c1-4-18(24)23-17-10-15(8-6-13(17)3)22-19(25)11-21-16-9-14(20)7-5-12(16)2/h5-10,21H,4,11H2,1-3H3,(H,22,25)(H,23,24). The molecular formula is C19H22ClN3O2. The van der Waals surface area contributed by atoms with E-state index in [2.05, 4.69) is 16.0 Å². The molecule has 5 nitrogen and oxygen atoms in total. The quantitative estimate of drug-likeness (QED) is 0.717. The average molecular weight is 360 g/mol. The lowest BCUT2D eigenvalue weighted by molar-refractivity contribution is -0.116. The van der Waals surface area contributed by atoms with Gasteiger partial charge in [0.25, 0.3) is 0 Å². The van der Waals surface area contributed by atoms with E-state index in [-0.39, 0.29) is 18.4 Å². The lowest BCUT2D eigenvalue weighted by atomic mass is 10.1. The fourth-order valence-electron chi connectivity index (χ4n) is 2.24. The second-order valence-electron chi connectivity index (χ2n) is 5.79. The van der Waals surface area contributed by atoms with Gasteiger partial charge in [-0.2, -0.15) is 0 Å². The third kappa shape index (κ3) is 5.50. The van der Waals surface area contributed by atoms with Crippen LogP contribution in [0.2, 0.25) is 5.02 Å². The number of nitrogens with one attached hydrogen (secondary N) is 3. The number of aryl methyl sites for hydroxylation is 2. The van der Waals surface area contributed by atoms with Crippen molar-refractivity contribution >= 4 is 40.5 Å². The van der Waals surface area contributed by atoms with Crippen LogP contribution in [0.3, 0.4) is 0 Å². The summed E-state index contributed by atoms with van der Waals surface area (Å²) in [6.45, 7) is 5.76. The van der Waals surface area contributed by atoms with Crippen molar-refractivity contribution in [2.45, 2.75) is 27.2 Å². The van der Waals surface area contributed by atoms with Crippen LogP contribution in [0.15, 0.2) is 36.4 Å². The number of hydrogen-bond donors (Lipinski definition) is 3. The number of amides is 2. The number of rotatable bonds is 6. The molecule has 2 rings (SSSR count). The Labute approximate surface area is 152 Å². The fraction of sp³-hybridized carbons (Fsp3) is 0.263. The monoisotopic (exact) mass is 359 g/mol. The molecule has 0 saturated heterocycles. The molecule has 0 aliphatic rings. The maximum atomic E-state index is 12.2. The zero-order valence-corrected chi connectivity index (χ0v) is 15.3. The van der Waals surface area contributed by atoms with Gasteiger partial charge in [-0.3, -0.25) is 9.59 Å². The number of carbonyl (C=O) groups is 2. The van der Waals surface area contributed by atoms with E-state index in [1.807, 2.05) is 26.0 Å². The molecule has 25 heavy (non-hydrogen) atoms. The molecule has 2 aromatic carbocycles. The van der Waals surface area contributed by atoms with Crippen molar-refractivity contribution in [1.29, 1.82) is 0 Å². The number of hydrogen-bond acceptors (Lipinski definition) is 3. The minimum absolute atomic E-state index is 0.0651. The first-order chi connectivity index (χ1) is 11.9. The molecule has 132 valence electrons. The van der Waals surface area contributed by atoms with E-state index in [1.54, 1.807) is 31.2 Å². The van der Waals surface area contributed by atoms with Crippen LogP contribution in [0, 0.1) is 13.8 Å². The van der Waals surface area contributed by atoms with Crippen LogP contribution < -0.4 is 16.0 Å². The van der Waals surface area contributed by atoms with Crippen LogP contribution in [-0.4, -0.2) is 18.4 Å². The van der Waals surface area contributed by atoms with Gasteiger partial charge < -0.3 is 16.0 Å². The minimum Gasteiger partial charge on any atom is -0.376 e. The summed E-state index contributed by atoms with van der Waals surface area (Å²) in [5.74, 6) is -0.249. The Morgan fingerprint density at radius 1 is 0.920 bits per heavy atom. The molecule has 6 heteroatoms. The van der Waals surface area contributed by atoms with Crippen molar-refractivity contribution in [1.82, 2.24) is 0 Å². The third-order valence-corrected chi connectivity index (χ3v) is 3.99. The van der Waals surface area contributed by atoms with Crippen LogP contribution in [0.1, 0.15) is 24.5 Å². The van der Waals surface area contributed by atoms with Crippen molar-refractivity contribution in [3.8, 4) is 0 Å². The van der Waals surface area contributed by atoms with E-state index < -0.39 is 0 Å². The van der Waals surface area contributed by atoms with Gasteiger partial charge in [0.2, 0.25) is 11.8 Å². The molecule has 0 aromatic heterocycles. The molecule has 0 bridgehead atoms. The maximum absolute atomic E-state index is 12.2. The molecule has 0 fully saturated rings. The minimum atomic E-state index is -0.184. The van der Waals surface area contributed by atoms with Gasteiger partial charge in [0.15, 0.2) is 0 Å². The van der Waals surface area contributed by atoms with Gasteiger partial charge in [-0.1, -0.05) is 30.7 Å². The molecule has 0 heterocycles. The molecular weight excluding hydrogens is 338 g/mol. The Morgan fingerprint density at radius 2 is 1.60 bits per heavy atom. The van der Waals surface area contributed by atoms with E-state index in [0.29, 0.717) is 22.8 Å². The lowest BCUT2D eigenvalue weighted by Crippen LogP contribution is -2.22. The first kappa shape index (κ1) is 18.8. The Kier molecular flexibility index (Phi) is 6.42. The summed E-state index contributed by atoms with van der Waals surface area (Å²) in [5.41, 5.74) is 4.10. The van der Waals surface area contributed by atoms with E-state index >= 15 is 0 Å². The van der Waals surface area contributed by atoms with E-state index in [0.717, 1.165) is 16.8 Å². The van der Waals surface area contributed by atoms with Gasteiger partial charge >= 0.3 is 0 Å². The van der Waals surface area contributed by atoms with Crippen LogP contribution in [0.4, 0.5) is 17.1 Å². The molecule has 0 unspecified atom stereocenters. The third-order valence-electron chi connectivity index (χ3n) is 3.76. The van der Waals surface area contributed by atoms with E-state index in [4.69, 9.17) is 11.6 Å². The van der Waals surface area contributed by atoms with Gasteiger partial charge in [-0.15, -0.1) is 0 Å². The Balaban J connectivity index is 1.99. The van der Waals surface area contributed by atoms with Crippen LogP contribution >= 0.6 is 11.6 Å². The number of carbonyl (C=O) groups excluding carboxylic acids is 2. The second-order valence-corrected chi connectivity index (χ2v) is 6.23. The number of halogens is 1. The maximum Gasteiger partial charge on any atom is 0.243 e. The molecule has 2 amide bonds. The highest BCUT2D eigenvalue weighted by molar-refractivity contribution is 6.30. The Bertz CT molecular complexity index is 790. The fourth-order valence-corrected chi connectivity index (χ4v) is 2.41. The lowest BCUT2D eigenvalue weighted by Gasteiger charge is -2.13. The van der Waals surface area contributed by atoms with E-state index in [1.165, 1.54) is 0 Å². The van der Waals surface area contributed by atoms with Crippen molar-refractivity contribution in [3.05, 3.63) is 52.5 Å². The molecule has 0 radical (unpaired) electrons. The summed E-state index contributed by atoms with van der Waals surface area (Å²) >= 11 is 5.97. The number of anilines is 3. The van der Waals surface area contributed by atoms with Gasteiger partial charge in [0, 0.05) is 28.5 Å². The predicted molar refractivity (Wildman–Crippen MR) is 103 cm³/mol. The van der Waals surface area contributed by atoms with E-state index in [9.17, 15) is 9.59 Å². The van der Waals surface area contributed by atoms with Crippen LogP contribution in [-0.2, 0) is 9.59 Å². The van der Waals surface area contributed by atoms with Gasteiger partial charge in [-0.25, -0.2) is 0 Å². The molecule has 0 spiro atoms. The summed E-state index contributed by atoms with van der Waals surface area (Å²) in [5, 5.41) is 9.33. The zero-order chi connectivity index (χ0) is 18.4. The molecule has 3 N–H and O–H groups in total. The largest absolute Gasteiger partial charge is 0.376 e. The number of benzene rings is 2. The second kappa shape index (κ2) is 8.53. The van der Waals surface area contributed by atoms with Crippen molar-refractivity contribution < 1.29 is 9.59 Å². The summed E-state index contributed by atoms with van der Waals surface area (Å²) in [7, 11) is 0. The zero-order valence-electron chi connectivity index (χ0n) is 14.6. The average Bonchev–Trinajstić information content (AvgIpc) is 2.58. The van der Waals surface area contributed by atoms with Crippen molar-refractivity contribution in [2.75, 3.05) is 22.5 Å². The Morgan fingerprint density at radius 3 is 2.32 bits per heavy atom. The highest BCUT2D eigenvalue weighted by Gasteiger charge is 2.08. The summed E-state index contributed by atoms with van der Waals surface area (Å²) in [6.07, 6.45) is 0.402. The van der Waals surface area contributed by atoms with Crippen molar-refractivity contribution in [3.63, 3.8) is 0 Å². The predicted octanol–water partition coefficient (Wildman–Crippen LogP) is 4.36. The summed E-state index contributed by atoms with van der Waals surface area (Å²) in [6, 6.07) is 10.9. The smallest absolute Gasteiger partial charge is 0.243 e. The normalized spacial score (nSPS) is 10.2. The summed E-state index contributed by atoms with van der Waals surface area (Å²) in [4.78, 5) is 23.7.